The third kappa shape index (κ3) is 40.0. The van der Waals surface area contributed by atoms with Crippen LogP contribution in [0.2, 0.25) is 0 Å². The highest BCUT2D eigenvalue weighted by Gasteiger charge is 2.47. The summed E-state index contributed by atoms with van der Waals surface area (Å²) < 4.78 is 17.5. The van der Waals surface area contributed by atoms with Crippen molar-refractivity contribution in [3.8, 4) is 0 Å². The standard InChI is InChI=1S/C64H113NO10/c1-4-7-10-13-16-19-22-24-26-28-30-31-33-36-39-42-45-48-51-57(68)63(72)65-55(56(67)50-47-44-41-38-35-21-18-15-12-9-6-3)54-73-64-62(61(71)60(70)58(53-66)74-64)75-59(69)52-49-46-43-40-37-34-32-29-27-25-23-20-17-14-11-8-5-2/h8,11,17,20,25,27,32,34,40,43,47,50,55-58,60-62,64,66-68,70-71H,4-7,9-10,12-16,18-19,21-24,26,28-31,33,35-39,41-42,44-46,48-49,51-54H2,1-3H3,(H,65,72)/b11-8-,20-17-,27-25-,34-32-,43-40-,50-47+. The molecule has 0 saturated carbocycles. The largest absolute Gasteiger partial charge is 0.454 e. The molecule has 1 saturated heterocycles. The Hall–Kier alpha value is -2.90. The number of aliphatic hydroxyl groups is 5. The second kappa shape index (κ2) is 51.8. The van der Waals surface area contributed by atoms with Crippen molar-refractivity contribution in [2.45, 2.75) is 307 Å². The quantitative estimate of drug-likeness (QED) is 0.0195. The molecular weight excluding hydrogens is 943 g/mol. The molecule has 11 nitrogen and oxygen atoms in total. The lowest BCUT2D eigenvalue weighted by Gasteiger charge is -2.41. The van der Waals surface area contributed by atoms with Crippen LogP contribution in [0.25, 0.3) is 0 Å². The second-order valence-electron chi connectivity index (χ2n) is 21.1. The molecule has 75 heavy (non-hydrogen) atoms. The van der Waals surface area contributed by atoms with Crippen LogP contribution >= 0.6 is 0 Å². The fraction of sp³-hybridized carbons (Fsp3) is 0.781. The molecule has 8 unspecified atom stereocenters. The Morgan fingerprint density at radius 1 is 0.533 bits per heavy atom. The van der Waals surface area contributed by atoms with Crippen LogP contribution in [0.4, 0.5) is 0 Å². The summed E-state index contributed by atoms with van der Waals surface area (Å²) in [7, 11) is 0. The first-order valence-corrected chi connectivity index (χ1v) is 30.7. The zero-order valence-electron chi connectivity index (χ0n) is 47.9. The minimum Gasteiger partial charge on any atom is -0.454 e. The molecule has 11 heteroatoms. The van der Waals surface area contributed by atoms with Crippen molar-refractivity contribution < 1.29 is 49.3 Å². The predicted octanol–water partition coefficient (Wildman–Crippen LogP) is 14.4. The molecule has 1 aliphatic heterocycles. The molecule has 1 amide bonds. The number of rotatable bonds is 51. The number of carbonyl (C=O) groups is 2. The van der Waals surface area contributed by atoms with E-state index in [2.05, 4.69) is 74.7 Å². The lowest BCUT2D eigenvalue weighted by molar-refractivity contribution is -0.305. The van der Waals surface area contributed by atoms with Gasteiger partial charge in [-0.05, 0) is 64.2 Å². The van der Waals surface area contributed by atoms with Crippen LogP contribution in [-0.2, 0) is 23.8 Å². The summed E-state index contributed by atoms with van der Waals surface area (Å²) in [6, 6.07) is -1.04. The molecule has 1 heterocycles. The summed E-state index contributed by atoms with van der Waals surface area (Å²) in [5.74, 6) is -1.25. The van der Waals surface area contributed by atoms with Crippen molar-refractivity contribution in [3.05, 3.63) is 72.9 Å². The van der Waals surface area contributed by atoms with E-state index in [-0.39, 0.29) is 19.4 Å². The Bertz CT molecular complexity index is 1490. The lowest BCUT2D eigenvalue weighted by Crippen LogP contribution is -2.61. The van der Waals surface area contributed by atoms with E-state index in [4.69, 9.17) is 14.2 Å². The van der Waals surface area contributed by atoms with Gasteiger partial charge in [0.15, 0.2) is 12.4 Å². The van der Waals surface area contributed by atoms with Gasteiger partial charge in [-0.15, -0.1) is 0 Å². The third-order valence-electron chi connectivity index (χ3n) is 14.1. The van der Waals surface area contributed by atoms with Gasteiger partial charge in [-0.1, -0.05) is 261 Å². The minimum atomic E-state index is -1.64. The highest BCUT2D eigenvalue weighted by Crippen LogP contribution is 2.26. The number of ether oxygens (including phenoxy) is 3. The summed E-state index contributed by atoms with van der Waals surface area (Å²) in [6.07, 6.45) is 55.2. The molecule has 0 aromatic carbocycles. The van der Waals surface area contributed by atoms with E-state index >= 15 is 0 Å². The van der Waals surface area contributed by atoms with Crippen molar-refractivity contribution in [1.29, 1.82) is 0 Å². The molecule has 0 aromatic rings. The number of amides is 1. The van der Waals surface area contributed by atoms with E-state index in [1.807, 2.05) is 18.2 Å². The molecule has 434 valence electrons. The molecule has 6 N–H and O–H groups in total. The van der Waals surface area contributed by atoms with Gasteiger partial charge in [-0.3, -0.25) is 9.59 Å². The maximum atomic E-state index is 13.4. The third-order valence-corrected chi connectivity index (χ3v) is 14.1. The van der Waals surface area contributed by atoms with Gasteiger partial charge in [0.1, 0.15) is 24.4 Å². The number of allylic oxidation sites excluding steroid dienone is 11. The number of nitrogens with one attached hydrogen (secondary N) is 1. The van der Waals surface area contributed by atoms with Crippen molar-refractivity contribution in [3.63, 3.8) is 0 Å². The molecule has 1 rings (SSSR count). The summed E-state index contributed by atoms with van der Waals surface area (Å²) in [5, 5.41) is 56.9. The molecule has 0 aliphatic carbocycles. The monoisotopic (exact) mass is 1060 g/mol. The summed E-state index contributed by atoms with van der Waals surface area (Å²) in [4.78, 5) is 26.5. The van der Waals surface area contributed by atoms with Crippen molar-refractivity contribution in [1.82, 2.24) is 5.32 Å². The van der Waals surface area contributed by atoms with Gasteiger partial charge >= 0.3 is 5.97 Å². The number of hydrogen-bond acceptors (Lipinski definition) is 10. The highest BCUT2D eigenvalue weighted by molar-refractivity contribution is 5.80. The molecule has 0 bridgehead atoms. The van der Waals surface area contributed by atoms with Crippen LogP contribution in [0.3, 0.4) is 0 Å². The Balaban J connectivity index is 2.70. The first-order chi connectivity index (χ1) is 36.7. The van der Waals surface area contributed by atoms with Gasteiger partial charge in [0.25, 0.3) is 0 Å². The predicted molar refractivity (Wildman–Crippen MR) is 310 cm³/mol. The highest BCUT2D eigenvalue weighted by atomic mass is 16.7. The average Bonchev–Trinajstić information content (AvgIpc) is 3.41. The van der Waals surface area contributed by atoms with Crippen molar-refractivity contribution >= 4 is 11.9 Å². The molecule has 0 radical (unpaired) electrons. The normalized spacial score (nSPS) is 19.7. The maximum absolute atomic E-state index is 13.4. The van der Waals surface area contributed by atoms with Gasteiger partial charge in [0.2, 0.25) is 5.91 Å². The number of hydrogen-bond donors (Lipinski definition) is 6. The first kappa shape index (κ1) is 70.1. The molecule has 1 aliphatic rings. The van der Waals surface area contributed by atoms with Gasteiger partial charge < -0.3 is 45.1 Å². The van der Waals surface area contributed by atoms with Crippen LogP contribution in [0.5, 0.6) is 0 Å². The van der Waals surface area contributed by atoms with Gasteiger partial charge in [-0.2, -0.15) is 0 Å². The van der Waals surface area contributed by atoms with Gasteiger partial charge in [0, 0.05) is 6.42 Å². The number of carbonyl (C=O) groups excluding carboxylic acids is 2. The molecule has 0 spiro atoms. The Morgan fingerprint density at radius 3 is 1.43 bits per heavy atom. The fourth-order valence-electron chi connectivity index (χ4n) is 9.28. The van der Waals surface area contributed by atoms with E-state index in [1.165, 1.54) is 135 Å². The Morgan fingerprint density at radius 2 is 0.960 bits per heavy atom. The Kier molecular flexibility index (Phi) is 48.5. The van der Waals surface area contributed by atoms with E-state index in [1.54, 1.807) is 6.08 Å². The van der Waals surface area contributed by atoms with Crippen LogP contribution in [0.1, 0.15) is 258 Å². The molecule has 8 atom stereocenters. The smallest absolute Gasteiger partial charge is 0.306 e. The zero-order chi connectivity index (χ0) is 54.7. The van der Waals surface area contributed by atoms with E-state index in [0.29, 0.717) is 19.3 Å². The fourth-order valence-corrected chi connectivity index (χ4v) is 9.28. The maximum Gasteiger partial charge on any atom is 0.306 e. The summed E-state index contributed by atoms with van der Waals surface area (Å²) in [6.45, 7) is 5.65. The topological polar surface area (TPSA) is 175 Å². The van der Waals surface area contributed by atoms with Crippen LogP contribution in [0.15, 0.2) is 72.9 Å². The molecular formula is C64H113NO10. The van der Waals surface area contributed by atoms with E-state index < -0.39 is 67.4 Å². The SMILES string of the molecule is CC/C=C\C/C=C\C/C=C\C/C=C\C/C=C\CCCC(=O)OC1C(OCC(NC(=O)C(O)CCCCCCCCCCCCCCCCCCCC)C(O)/C=C/CCCCCCCCCCC)OC(CO)C(O)C1O. The minimum absolute atomic E-state index is 0.0439. The van der Waals surface area contributed by atoms with Crippen LogP contribution < -0.4 is 5.32 Å². The van der Waals surface area contributed by atoms with Crippen LogP contribution in [-0.4, -0.2) is 99.6 Å². The van der Waals surface area contributed by atoms with E-state index in [9.17, 15) is 35.1 Å². The molecule has 0 aromatic heterocycles. The lowest BCUT2D eigenvalue weighted by atomic mass is 9.99. The first-order valence-electron chi connectivity index (χ1n) is 30.7. The van der Waals surface area contributed by atoms with Crippen LogP contribution in [0, 0.1) is 0 Å². The van der Waals surface area contributed by atoms with E-state index in [0.717, 1.165) is 70.6 Å². The second-order valence-corrected chi connectivity index (χ2v) is 21.1. The number of unbranched alkanes of at least 4 members (excludes halogenated alkanes) is 27. The van der Waals surface area contributed by atoms with Gasteiger partial charge in [0.05, 0.1) is 25.4 Å². The molecule has 1 fully saturated rings. The number of aliphatic hydroxyl groups excluding tert-OH is 5. The van der Waals surface area contributed by atoms with Crippen molar-refractivity contribution in [2.24, 2.45) is 0 Å². The number of esters is 1. The summed E-state index contributed by atoms with van der Waals surface area (Å²) in [5.41, 5.74) is 0. The average molecular weight is 1060 g/mol. The van der Waals surface area contributed by atoms with Crippen molar-refractivity contribution in [2.75, 3.05) is 13.2 Å². The summed E-state index contributed by atoms with van der Waals surface area (Å²) >= 11 is 0. The zero-order valence-corrected chi connectivity index (χ0v) is 47.9. The Labute approximate surface area is 458 Å². The van der Waals surface area contributed by atoms with Gasteiger partial charge in [-0.25, -0.2) is 0 Å².